The second-order valence-corrected chi connectivity index (χ2v) is 6.91. The van der Waals surface area contributed by atoms with Gasteiger partial charge in [-0.1, -0.05) is 12.8 Å². The van der Waals surface area contributed by atoms with Crippen LogP contribution in [0.4, 0.5) is 0 Å². The molecule has 2 saturated carbocycles. The molecular formula is C15H28N2O. The second kappa shape index (κ2) is 5.10. The summed E-state index contributed by atoms with van der Waals surface area (Å²) in [7, 11) is 0. The lowest BCUT2D eigenvalue weighted by Gasteiger charge is -2.35. The average Bonchev–Trinajstić information content (AvgIpc) is 3.08. The minimum Gasteiger partial charge on any atom is -0.394 e. The van der Waals surface area contributed by atoms with Crippen molar-refractivity contribution in [1.29, 1.82) is 0 Å². The summed E-state index contributed by atoms with van der Waals surface area (Å²) in [5, 5.41) is 9.42. The fourth-order valence-electron chi connectivity index (χ4n) is 4.67. The van der Waals surface area contributed by atoms with Crippen LogP contribution in [0.1, 0.15) is 57.8 Å². The maximum absolute atomic E-state index is 9.42. The van der Waals surface area contributed by atoms with Gasteiger partial charge in [-0.2, -0.15) is 0 Å². The molecular weight excluding hydrogens is 224 g/mol. The molecule has 2 aliphatic carbocycles. The van der Waals surface area contributed by atoms with Crippen molar-refractivity contribution >= 4 is 0 Å². The van der Waals surface area contributed by atoms with E-state index >= 15 is 0 Å². The van der Waals surface area contributed by atoms with Gasteiger partial charge in [0.2, 0.25) is 0 Å². The molecule has 3 aliphatic rings. The van der Waals surface area contributed by atoms with Crippen LogP contribution in [0.25, 0.3) is 0 Å². The highest BCUT2D eigenvalue weighted by Gasteiger charge is 2.43. The number of hydrogen-bond donors (Lipinski definition) is 2. The standard InChI is InChI=1S/C15H28N2O/c16-15(11-18)8-7-13(10-15)17-9-3-6-14(17)12-4-1-2-5-12/h12-14,18H,1-11,16H2. The highest BCUT2D eigenvalue weighted by atomic mass is 16.3. The molecule has 0 aromatic rings. The van der Waals surface area contributed by atoms with Crippen molar-refractivity contribution in [3.8, 4) is 0 Å². The van der Waals surface area contributed by atoms with Crippen molar-refractivity contribution in [3.63, 3.8) is 0 Å². The molecule has 3 rings (SSSR count). The number of rotatable bonds is 3. The lowest BCUT2D eigenvalue weighted by molar-refractivity contribution is 0.124. The maximum Gasteiger partial charge on any atom is 0.0611 e. The first kappa shape index (κ1) is 12.9. The molecule has 18 heavy (non-hydrogen) atoms. The van der Waals surface area contributed by atoms with E-state index in [2.05, 4.69) is 4.90 Å². The van der Waals surface area contributed by atoms with Gasteiger partial charge in [0.1, 0.15) is 0 Å². The Morgan fingerprint density at radius 1 is 1.11 bits per heavy atom. The molecule has 0 aromatic carbocycles. The Bertz CT molecular complexity index is 290. The molecule has 1 heterocycles. The van der Waals surface area contributed by atoms with Crippen molar-refractivity contribution < 1.29 is 5.11 Å². The summed E-state index contributed by atoms with van der Waals surface area (Å²) < 4.78 is 0. The molecule has 3 fully saturated rings. The van der Waals surface area contributed by atoms with Crippen LogP contribution in [-0.4, -0.2) is 40.8 Å². The zero-order chi connectivity index (χ0) is 12.6. The summed E-state index contributed by atoms with van der Waals surface area (Å²) in [6.07, 6.45) is 11.7. The van der Waals surface area contributed by atoms with E-state index in [1.165, 1.54) is 51.5 Å². The number of likely N-dealkylation sites (tertiary alicyclic amines) is 1. The summed E-state index contributed by atoms with van der Waals surface area (Å²) in [6, 6.07) is 1.48. The average molecular weight is 252 g/mol. The topological polar surface area (TPSA) is 49.5 Å². The zero-order valence-electron chi connectivity index (χ0n) is 11.5. The third-order valence-electron chi connectivity index (χ3n) is 5.69. The molecule has 0 amide bonds. The van der Waals surface area contributed by atoms with Gasteiger partial charge in [0.25, 0.3) is 0 Å². The largest absolute Gasteiger partial charge is 0.394 e. The van der Waals surface area contributed by atoms with Crippen LogP contribution in [0.3, 0.4) is 0 Å². The molecule has 3 N–H and O–H groups in total. The van der Waals surface area contributed by atoms with Gasteiger partial charge < -0.3 is 10.8 Å². The Balaban J connectivity index is 1.64. The fourth-order valence-corrected chi connectivity index (χ4v) is 4.67. The summed E-state index contributed by atoms with van der Waals surface area (Å²) in [4.78, 5) is 2.76. The van der Waals surface area contributed by atoms with Crippen molar-refractivity contribution in [2.75, 3.05) is 13.2 Å². The molecule has 3 atom stereocenters. The van der Waals surface area contributed by atoms with E-state index in [9.17, 15) is 5.11 Å². The van der Waals surface area contributed by atoms with Gasteiger partial charge in [-0.05, 0) is 57.4 Å². The third kappa shape index (κ3) is 2.33. The second-order valence-electron chi connectivity index (χ2n) is 6.91. The lowest BCUT2D eigenvalue weighted by atomic mass is 9.94. The number of hydrogen-bond acceptors (Lipinski definition) is 3. The third-order valence-corrected chi connectivity index (χ3v) is 5.69. The molecule has 3 nitrogen and oxygen atoms in total. The van der Waals surface area contributed by atoms with Crippen molar-refractivity contribution in [1.82, 2.24) is 4.90 Å². The summed E-state index contributed by atoms with van der Waals surface area (Å²) in [6.45, 7) is 1.43. The molecule has 0 bridgehead atoms. The Labute approximate surface area is 111 Å². The zero-order valence-corrected chi connectivity index (χ0v) is 11.5. The molecule has 0 aromatic heterocycles. The Morgan fingerprint density at radius 3 is 2.56 bits per heavy atom. The Kier molecular flexibility index (Phi) is 3.65. The van der Waals surface area contributed by atoms with Crippen molar-refractivity contribution in [3.05, 3.63) is 0 Å². The van der Waals surface area contributed by atoms with Crippen LogP contribution >= 0.6 is 0 Å². The fraction of sp³-hybridized carbons (Fsp3) is 1.00. The van der Waals surface area contributed by atoms with E-state index in [4.69, 9.17) is 5.73 Å². The maximum atomic E-state index is 9.42. The molecule has 0 radical (unpaired) electrons. The smallest absolute Gasteiger partial charge is 0.0611 e. The van der Waals surface area contributed by atoms with Gasteiger partial charge in [0.05, 0.1) is 6.61 Å². The highest BCUT2D eigenvalue weighted by molar-refractivity contribution is 5.00. The van der Waals surface area contributed by atoms with Crippen LogP contribution in [0.2, 0.25) is 0 Å². The first-order valence-electron chi connectivity index (χ1n) is 7.87. The number of aliphatic hydroxyl groups is 1. The van der Waals surface area contributed by atoms with Gasteiger partial charge in [0.15, 0.2) is 0 Å². The van der Waals surface area contributed by atoms with Crippen LogP contribution in [0.15, 0.2) is 0 Å². The quantitative estimate of drug-likeness (QED) is 0.806. The number of nitrogens with two attached hydrogens (primary N) is 1. The van der Waals surface area contributed by atoms with Crippen LogP contribution in [-0.2, 0) is 0 Å². The lowest BCUT2D eigenvalue weighted by Crippen LogP contribution is -2.46. The minimum absolute atomic E-state index is 0.158. The van der Waals surface area contributed by atoms with Gasteiger partial charge >= 0.3 is 0 Å². The van der Waals surface area contributed by atoms with E-state index in [-0.39, 0.29) is 12.1 Å². The van der Waals surface area contributed by atoms with Crippen LogP contribution in [0.5, 0.6) is 0 Å². The summed E-state index contributed by atoms with van der Waals surface area (Å²) in [5.74, 6) is 0.953. The Hall–Kier alpha value is -0.120. The number of nitrogens with zero attached hydrogens (tertiary/aromatic N) is 1. The predicted molar refractivity (Wildman–Crippen MR) is 73.3 cm³/mol. The van der Waals surface area contributed by atoms with Gasteiger partial charge in [-0.25, -0.2) is 0 Å². The van der Waals surface area contributed by atoms with E-state index in [0.717, 1.165) is 24.8 Å². The summed E-state index contributed by atoms with van der Waals surface area (Å²) in [5.41, 5.74) is 5.95. The summed E-state index contributed by atoms with van der Waals surface area (Å²) >= 11 is 0. The first-order chi connectivity index (χ1) is 8.72. The molecule has 3 heteroatoms. The molecule has 104 valence electrons. The van der Waals surface area contributed by atoms with E-state index < -0.39 is 0 Å². The Morgan fingerprint density at radius 2 is 1.89 bits per heavy atom. The van der Waals surface area contributed by atoms with Crippen molar-refractivity contribution in [2.24, 2.45) is 11.7 Å². The van der Waals surface area contributed by atoms with Gasteiger partial charge in [-0.3, -0.25) is 4.90 Å². The monoisotopic (exact) mass is 252 g/mol. The number of aliphatic hydroxyl groups excluding tert-OH is 1. The highest BCUT2D eigenvalue weighted by Crippen LogP contribution is 2.40. The minimum atomic E-state index is -0.284. The molecule has 1 saturated heterocycles. The van der Waals surface area contributed by atoms with E-state index in [1.54, 1.807) is 0 Å². The predicted octanol–water partition coefficient (Wildman–Crippen LogP) is 1.88. The van der Waals surface area contributed by atoms with Crippen molar-refractivity contribution in [2.45, 2.75) is 75.4 Å². The SMILES string of the molecule is NC1(CO)CCC(N2CCCC2C2CCCC2)C1. The van der Waals surface area contributed by atoms with Crippen LogP contribution < -0.4 is 5.73 Å². The van der Waals surface area contributed by atoms with Crippen LogP contribution in [0, 0.1) is 5.92 Å². The first-order valence-corrected chi connectivity index (χ1v) is 7.87. The normalized spacial score (nSPS) is 43.0. The molecule has 0 spiro atoms. The molecule has 3 unspecified atom stereocenters. The van der Waals surface area contributed by atoms with Gasteiger partial charge in [-0.15, -0.1) is 0 Å². The van der Waals surface area contributed by atoms with Gasteiger partial charge in [0, 0.05) is 17.6 Å². The van der Waals surface area contributed by atoms with E-state index in [1.807, 2.05) is 0 Å². The molecule has 1 aliphatic heterocycles. The van der Waals surface area contributed by atoms with E-state index in [0.29, 0.717) is 6.04 Å².